The SMILES string of the molecule is C[C@@H]1CC[C@@H]2C(=O)N(c3ccc(Oc4ccc(C(C)(C)C)cc4)cc3)C(=O)[C@@H]2C1. The van der Waals surface area contributed by atoms with Crippen molar-refractivity contribution < 1.29 is 14.3 Å². The third-order valence-electron chi connectivity index (χ3n) is 6.24. The molecule has 0 spiro atoms. The van der Waals surface area contributed by atoms with Crippen LogP contribution in [0.25, 0.3) is 0 Å². The van der Waals surface area contributed by atoms with Gasteiger partial charge in [0.05, 0.1) is 17.5 Å². The normalized spacial score (nSPS) is 24.6. The van der Waals surface area contributed by atoms with Crippen LogP contribution in [0.3, 0.4) is 0 Å². The molecule has 2 aromatic rings. The molecule has 3 atom stereocenters. The molecule has 0 N–H and O–H groups in total. The maximum Gasteiger partial charge on any atom is 0.237 e. The van der Waals surface area contributed by atoms with Crippen LogP contribution in [-0.2, 0) is 15.0 Å². The molecule has 1 aliphatic carbocycles. The third-order valence-corrected chi connectivity index (χ3v) is 6.24. The van der Waals surface area contributed by atoms with Gasteiger partial charge in [-0.2, -0.15) is 0 Å². The lowest BCUT2D eigenvalue weighted by Crippen LogP contribution is -2.30. The lowest BCUT2D eigenvalue weighted by Gasteiger charge is -2.25. The van der Waals surface area contributed by atoms with Gasteiger partial charge in [0.2, 0.25) is 11.8 Å². The monoisotopic (exact) mass is 391 g/mol. The summed E-state index contributed by atoms with van der Waals surface area (Å²) in [6.45, 7) is 8.70. The van der Waals surface area contributed by atoms with E-state index < -0.39 is 0 Å². The van der Waals surface area contributed by atoms with Crippen LogP contribution in [0.2, 0.25) is 0 Å². The van der Waals surface area contributed by atoms with Crippen molar-refractivity contribution in [1.29, 1.82) is 0 Å². The second kappa shape index (κ2) is 7.33. The number of rotatable bonds is 3. The smallest absolute Gasteiger partial charge is 0.237 e. The minimum Gasteiger partial charge on any atom is -0.457 e. The zero-order valence-corrected chi connectivity index (χ0v) is 17.6. The van der Waals surface area contributed by atoms with Crippen molar-refractivity contribution in [2.45, 2.75) is 52.4 Å². The van der Waals surface area contributed by atoms with Gasteiger partial charge in [-0.25, -0.2) is 0 Å². The van der Waals surface area contributed by atoms with Crippen LogP contribution in [0.4, 0.5) is 5.69 Å². The minimum absolute atomic E-state index is 0.0432. The highest BCUT2D eigenvalue weighted by Crippen LogP contribution is 2.42. The highest BCUT2D eigenvalue weighted by molar-refractivity contribution is 6.22. The molecular formula is C25H29NO3. The quantitative estimate of drug-likeness (QED) is 0.630. The van der Waals surface area contributed by atoms with Gasteiger partial charge in [0, 0.05) is 0 Å². The number of ether oxygens (including phenoxy) is 1. The zero-order valence-electron chi connectivity index (χ0n) is 17.6. The summed E-state index contributed by atoms with van der Waals surface area (Å²) in [7, 11) is 0. The van der Waals surface area contributed by atoms with Crippen LogP contribution in [0.1, 0.15) is 52.5 Å². The van der Waals surface area contributed by atoms with Crippen LogP contribution >= 0.6 is 0 Å². The number of amides is 2. The Balaban J connectivity index is 1.48. The van der Waals surface area contributed by atoms with Gasteiger partial charge in [-0.05, 0) is 72.6 Å². The molecule has 2 aromatic carbocycles. The molecule has 0 aromatic heterocycles. The Kier molecular flexibility index (Phi) is 4.97. The lowest BCUT2D eigenvalue weighted by molar-refractivity contribution is -0.122. The van der Waals surface area contributed by atoms with Crippen molar-refractivity contribution in [3.8, 4) is 11.5 Å². The number of hydrogen-bond acceptors (Lipinski definition) is 3. The minimum atomic E-state index is -0.150. The second-order valence-electron chi connectivity index (χ2n) is 9.51. The van der Waals surface area contributed by atoms with Crippen molar-refractivity contribution in [3.05, 3.63) is 54.1 Å². The van der Waals surface area contributed by atoms with Gasteiger partial charge >= 0.3 is 0 Å². The average Bonchev–Trinajstić information content (AvgIpc) is 2.92. The fourth-order valence-electron chi connectivity index (χ4n) is 4.47. The number of hydrogen-bond donors (Lipinski definition) is 0. The van der Waals surface area contributed by atoms with Crippen molar-refractivity contribution in [2.75, 3.05) is 4.90 Å². The standard InChI is InChI=1S/C25H29NO3/c1-16-5-14-21-22(15-16)24(28)26(23(21)27)18-8-12-20(13-9-18)29-19-10-6-17(7-11-19)25(2,3)4/h6-13,16,21-22H,5,14-15H2,1-4H3/t16-,21+,22-/m1/s1. The fourth-order valence-corrected chi connectivity index (χ4v) is 4.47. The highest BCUT2D eigenvalue weighted by atomic mass is 16.5. The molecule has 29 heavy (non-hydrogen) atoms. The number of carbonyl (C=O) groups excluding carboxylic acids is 2. The van der Waals surface area contributed by atoms with Gasteiger partial charge in [0.1, 0.15) is 11.5 Å². The van der Waals surface area contributed by atoms with E-state index in [4.69, 9.17) is 4.74 Å². The number of fused-ring (bicyclic) bond motifs is 1. The summed E-state index contributed by atoms with van der Waals surface area (Å²) < 4.78 is 5.94. The zero-order chi connectivity index (χ0) is 20.8. The molecule has 2 fully saturated rings. The van der Waals surface area contributed by atoms with E-state index in [-0.39, 0.29) is 29.1 Å². The van der Waals surface area contributed by atoms with Crippen LogP contribution < -0.4 is 9.64 Å². The number of carbonyl (C=O) groups is 2. The Morgan fingerprint density at radius 2 is 1.38 bits per heavy atom. The Bertz CT molecular complexity index is 909. The van der Waals surface area contributed by atoms with E-state index in [1.165, 1.54) is 10.5 Å². The van der Waals surface area contributed by atoms with E-state index >= 15 is 0 Å². The van der Waals surface area contributed by atoms with Crippen molar-refractivity contribution >= 4 is 17.5 Å². The van der Waals surface area contributed by atoms with Crippen molar-refractivity contribution in [2.24, 2.45) is 17.8 Å². The van der Waals surface area contributed by atoms with E-state index in [1.54, 1.807) is 12.1 Å². The summed E-state index contributed by atoms with van der Waals surface area (Å²) in [4.78, 5) is 27.1. The average molecular weight is 392 g/mol. The molecule has 1 aliphatic heterocycles. The molecule has 1 heterocycles. The molecule has 0 unspecified atom stereocenters. The molecule has 0 radical (unpaired) electrons. The highest BCUT2D eigenvalue weighted by Gasteiger charge is 2.49. The van der Waals surface area contributed by atoms with Crippen molar-refractivity contribution in [1.82, 2.24) is 0 Å². The Hall–Kier alpha value is -2.62. The number of imide groups is 1. The van der Waals surface area contributed by atoms with Gasteiger partial charge in [0.15, 0.2) is 0 Å². The largest absolute Gasteiger partial charge is 0.457 e. The topological polar surface area (TPSA) is 46.6 Å². The summed E-state index contributed by atoms with van der Waals surface area (Å²) in [6, 6.07) is 15.3. The Labute approximate surface area is 172 Å². The Morgan fingerprint density at radius 1 is 0.828 bits per heavy atom. The molecule has 1 saturated heterocycles. The van der Waals surface area contributed by atoms with Crippen LogP contribution in [-0.4, -0.2) is 11.8 Å². The lowest BCUT2D eigenvalue weighted by atomic mass is 9.76. The first-order valence-corrected chi connectivity index (χ1v) is 10.5. The molecule has 1 saturated carbocycles. The predicted molar refractivity (Wildman–Crippen MR) is 114 cm³/mol. The number of anilines is 1. The predicted octanol–water partition coefficient (Wildman–Crippen LogP) is 5.70. The van der Waals surface area contributed by atoms with E-state index in [2.05, 4.69) is 39.8 Å². The first-order valence-electron chi connectivity index (χ1n) is 10.5. The molecule has 2 amide bonds. The van der Waals surface area contributed by atoms with Crippen LogP contribution in [0, 0.1) is 17.8 Å². The summed E-state index contributed by atoms with van der Waals surface area (Å²) >= 11 is 0. The summed E-state index contributed by atoms with van der Waals surface area (Å²) in [5, 5.41) is 0. The fraction of sp³-hybridized carbons (Fsp3) is 0.440. The third kappa shape index (κ3) is 3.81. The summed E-state index contributed by atoms with van der Waals surface area (Å²) in [6.07, 6.45) is 2.66. The molecule has 4 rings (SSSR count). The molecule has 152 valence electrons. The number of benzene rings is 2. The molecule has 0 bridgehead atoms. The van der Waals surface area contributed by atoms with Crippen LogP contribution in [0.15, 0.2) is 48.5 Å². The van der Waals surface area contributed by atoms with E-state index in [0.717, 1.165) is 25.0 Å². The van der Waals surface area contributed by atoms with Gasteiger partial charge in [-0.15, -0.1) is 0 Å². The molecule has 2 aliphatic rings. The van der Waals surface area contributed by atoms with E-state index in [9.17, 15) is 9.59 Å². The van der Waals surface area contributed by atoms with E-state index in [1.807, 2.05) is 24.3 Å². The van der Waals surface area contributed by atoms with Gasteiger partial charge in [-0.3, -0.25) is 14.5 Å². The first-order chi connectivity index (χ1) is 13.7. The summed E-state index contributed by atoms with van der Waals surface area (Å²) in [5.74, 6) is 1.57. The maximum absolute atomic E-state index is 12.9. The molecule has 4 heteroatoms. The first kappa shape index (κ1) is 19.7. The summed E-state index contributed by atoms with van der Waals surface area (Å²) in [5.41, 5.74) is 1.99. The van der Waals surface area contributed by atoms with Gasteiger partial charge < -0.3 is 4.74 Å². The Morgan fingerprint density at radius 3 is 1.97 bits per heavy atom. The number of nitrogens with zero attached hydrogens (tertiary/aromatic N) is 1. The molecule has 4 nitrogen and oxygen atoms in total. The van der Waals surface area contributed by atoms with Crippen LogP contribution in [0.5, 0.6) is 11.5 Å². The van der Waals surface area contributed by atoms with E-state index in [0.29, 0.717) is 17.4 Å². The molecular weight excluding hydrogens is 362 g/mol. The van der Waals surface area contributed by atoms with Gasteiger partial charge in [0.25, 0.3) is 0 Å². The van der Waals surface area contributed by atoms with Crippen molar-refractivity contribution in [3.63, 3.8) is 0 Å². The second-order valence-corrected chi connectivity index (χ2v) is 9.51. The van der Waals surface area contributed by atoms with Gasteiger partial charge in [-0.1, -0.05) is 39.8 Å². The maximum atomic E-state index is 12.9.